The van der Waals surface area contributed by atoms with E-state index in [4.69, 9.17) is 21.1 Å². The minimum atomic E-state index is -0.157. The highest BCUT2D eigenvalue weighted by molar-refractivity contribution is 6.32. The Hall–Kier alpha value is -0.970. The van der Waals surface area contributed by atoms with E-state index < -0.39 is 0 Å². The van der Waals surface area contributed by atoms with Crippen LogP contribution in [0.25, 0.3) is 0 Å². The Labute approximate surface area is 131 Å². The van der Waals surface area contributed by atoms with Gasteiger partial charge in [-0.25, -0.2) is 0 Å². The lowest BCUT2D eigenvalue weighted by molar-refractivity contribution is 0.131. The molecule has 5 heteroatoms. The SMILES string of the molecule is CCOc1cc(CNCC2CCCC2O)cc(Cl)c1OC. The number of nitrogens with one attached hydrogen (secondary N) is 1. The van der Waals surface area contributed by atoms with Crippen molar-refractivity contribution in [3.05, 3.63) is 22.7 Å². The standard InChI is InChI=1S/C16H24ClNO3/c1-3-21-15-8-11(7-13(17)16(15)20-2)9-18-10-12-5-4-6-14(12)19/h7-8,12,14,18-19H,3-6,9-10H2,1-2H3. The van der Waals surface area contributed by atoms with Crippen molar-refractivity contribution in [2.24, 2.45) is 5.92 Å². The molecule has 0 radical (unpaired) electrons. The molecule has 2 rings (SSSR count). The van der Waals surface area contributed by atoms with Gasteiger partial charge in [0.15, 0.2) is 11.5 Å². The molecular formula is C16H24ClNO3. The third-order valence-electron chi connectivity index (χ3n) is 3.93. The molecule has 4 nitrogen and oxygen atoms in total. The van der Waals surface area contributed by atoms with Crippen LogP contribution >= 0.6 is 11.6 Å². The number of rotatable bonds is 7. The molecule has 0 heterocycles. The second-order valence-electron chi connectivity index (χ2n) is 5.43. The van der Waals surface area contributed by atoms with Crippen LogP contribution in [0.5, 0.6) is 11.5 Å². The lowest BCUT2D eigenvalue weighted by Crippen LogP contribution is -2.27. The second-order valence-corrected chi connectivity index (χ2v) is 5.84. The Kier molecular flexibility index (Phi) is 6.15. The number of methoxy groups -OCH3 is 1. The van der Waals surface area contributed by atoms with Gasteiger partial charge in [-0.1, -0.05) is 18.0 Å². The molecule has 118 valence electrons. The van der Waals surface area contributed by atoms with Crippen molar-refractivity contribution in [1.29, 1.82) is 0 Å². The van der Waals surface area contributed by atoms with E-state index in [1.165, 1.54) is 0 Å². The predicted molar refractivity (Wildman–Crippen MR) is 84.2 cm³/mol. The molecule has 0 saturated heterocycles. The number of aliphatic hydroxyl groups excluding tert-OH is 1. The molecule has 0 bridgehead atoms. The van der Waals surface area contributed by atoms with Gasteiger partial charge in [-0.3, -0.25) is 0 Å². The van der Waals surface area contributed by atoms with Crippen molar-refractivity contribution in [1.82, 2.24) is 5.32 Å². The quantitative estimate of drug-likeness (QED) is 0.812. The molecule has 0 spiro atoms. The summed E-state index contributed by atoms with van der Waals surface area (Å²) < 4.78 is 10.8. The molecular weight excluding hydrogens is 290 g/mol. The van der Waals surface area contributed by atoms with E-state index in [0.29, 0.717) is 35.6 Å². The van der Waals surface area contributed by atoms with Crippen molar-refractivity contribution >= 4 is 11.6 Å². The van der Waals surface area contributed by atoms with Gasteiger partial charge in [0.25, 0.3) is 0 Å². The number of hydrogen-bond acceptors (Lipinski definition) is 4. The zero-order valence-corrected chi connectivity index (χ0v) is 13.4. The van der Waals surface area contributed by atoms with Crippen molar-refractivity contribution in [2.75, 3.05) is 20.3 Å². The fourth-order valence-corrected chi connectivity index (χ4v) is 3.15. The molecule has 2 unspecified atom stereocenters. The molecule has 0 aromatic heterocycles. The largest absolute Gasteiger partial charge is 0.491 e. The average Bonchev–Trinajstić information content (AvgIpc) is 2.85. The molecule has 0 aliphatic heterocycles. The van der Waals surface area contributed by atoms with E-state index in [9.17, 15) is 5.11 Å². The first kappa shape index (κ1) is 16.4. The van der Waals surface area contributed by atoms with Crippen molar-refractivity contribution in [3.63, 3.8) is 0 Å². The van der Waals surface area contributed by atoms with Crippen LogP contribution in [0.1, 0.15) is 31.7 Å². The van der Waals surface area contributed by atoms with Crippen LogP contribution in [-0.4, -0.2) is 31.5 Å². The summed E-state index contributed by atoms with van der Waals surface area (Å²) in [5.41, 5.74) is 1.05. The maximum absolute atomic E-state index is 9.81. The highest BCUT2D eigenvalue weighted by atomic mass is 35.5. The van der Waals surface area contributed by atoms with Gasteiger partial charge in [-0.2, -0.15) is 0 Å². The maximum Gasteiger partial charge on any atom is 0.179 e. The fourth-order valence-electron chi connectivity index (χ4n) is 2.84. The molecule has 1 aromatic carbocycles. The Bertz CT molecular complexity index is 467. The van der Waals surface area contributed by atoms with Gasteiger partial charge >= 0.3 is 0 Å². The molecule has 1 saturated carbocycles. The van der Waals surface area contributed by atoms with E-state index in [-0.39, 0.29) is 6.10 Å². The van der Waals surface area contributed by atoms with Crippen LogP contribution < -0.4 is 14.8 Å². The van der Waals surface area contributed by atoms with Crippen LogP contribution in [0.15, 0.2) is 12.1 Å². The molecule has 1 aliphatic rings. The summed E-state index contributed by atoms with van der Waals surface area (Å²) in [4.78, 5) is 0. The predicted octanol–water partition coefficient (Wildman–Crippen LogP) is 3.00. The highest BCUT2D eigenvalue weighted by Crippen LogP contribution is 2.36. The monoisotopic (exact) mass is 313 g/mol. The van der Waals surface area contributed by atoms with Gasteiger partial charge in [0.05, 0.1) is 24.8 Å². The molecule has 2 atom stereocenters. The first-order chi connectivity index (χ1) is 10.2. The normalized spacial score (nSPS) is 21.5. The first-order valence-electron chi connectivity index (χ1n) is 7.53. The van der Waals surface area contributed by atoms with Gasteiger partial charge in [-0.05, 0) is 43.4 Å². The number of aliphatic hydroxyl groups is 1. The van der Waals surface area contributed by atoms with Crippen LogP contribution in [0.3, 0.4) is 0 Å². The van der Waals surface area contributed by atoms with E-state index in [2.05, 4.69) is 5.32 Å². The van der Waals surface area contributed by atoms with E-state index in [0.717, 1.165) is 31.4 Å². The Morgan fingerprint density at radius 2 is 2.19 bits per heavy atom. The van der Waals surface area contributed by atoms with Crippen molar-refractivity contribution < 1.29 is 14.6 Å². The smallest absolute Gasteiger partial charge is 0.179 e. The topological polar surface area (TPSA) is 50.7 Å². The summed E-state index contributed by atoms with van der Waals surface area (Å²) in [5, 5.41) is 13.8. The van der Waals surface area contributed by atoms with Gasteiger partial charge in [0.2, 0.25) is 0 Å². The summed E-state index contributed by atoms with van der Waals surface area (Å²) >= 11 is 6.23. The van der Waals surface area contributed by atoms with Crippen LogP contribution in [0, 0.1) is 5.92 Å². The molecule has 0 amide bonds. The van der Waals surface area contributed by atoms with E-state index in [1.54, 1.807) is 7.11 Å². The van der Waals surface area contributed by atoms with Crippen molar-refractivity contribution in [2.45, 2.75) is 38.8 Å². The van der Waals surface area contributed by atoms with E-state index >= 15 is 0 Å². The third kappa shape index (κ3) is 4.25. The fraction of sp³-hybridized carbons (Fsp3) is 0.625. The van der Waals surface area contributed by atoms with Crippen LogP contribution in [-0.2, 0) is 6.54 Å². The van der Waals surface area contributed by atoms with Gasteiger partial charge in [0, 0.05) is 13.1 Å². The summed E-state index contributed by atoms with van der Waals surface area (Å²) in [6.07, 6.45) is 2.99. The summed E-state index contributed by atoms with van der Waals surface area (Å²) in [5.74, 6) is 1.61. The van der Waals surface area contributed by atoms with Gasteiger partial charge in [0.1, 0.15) is 0 Å². The van der Waals surface area contributed by atoms with Gasteiger partial charge in [-0.15, -0.1) is 0 Å². The first-order valence-corrected chi connectivity index (χ1v) is 7.91. The molecule has 2 N–H and O–H groups in total. The number of hydrogen-bond donors (Lipinski definition) is 2. The number of benzene rings is 1. The Balaban J connectivity index is 1.96. The van der Waals surface area contributed by atoms with Crippen LogP contribution in [0.2, 0.25) is 5.02 Å². The third-order valence-corrected chi connectivity index (χ3v) is 4.21. The van der Waals surface area contributed by atoms with E-state index in [1.807, 2.05) is 19.1 Å². The molecule has 21 heavy (non-hydrogen) atoms. The van der Waals surface area contributed by atoms with Crippen molar-refractivity contribution in [3.8, 4) is 11.5 Å². The van der Waals surface area contributed by atoms with Crippen LogP contribution in [0.4, 0.5) is 0 Å². The molecule has 1 aromatic rings. The summed E-state index contributed by atoms with van der Waals surface area (Å²) in [6.45, 7) is 4.03. The molecule has 1 aliphatic carbocycles. The average molecular weight is 314 g/mol. The molecule has 1 fully saturated rings. The second kappa shape index (κ2) is 7.87. The maximum atomic E-state index is 9.81. The lowest BCUT2D eigenvalue weighted by Gasteiger charge is -2.16. The minimum Gasteiger partial charge on any atom is -0.491 e. The zero-order valence-electron chi connectivity index (χ0n) is 12.7. The lowest BCUT2D eigenvalue weighted by atomic mass is 10.1. The highest BCUT2D eigenvalue weighted by Gasteiger charge is 2.24. The Morgan fingerprint density at radius 3 is 2.81 bits per heavy atom. The Morgan fingerprint density at radius 1 is 1.38 bits per heavy atom. The summed E-state index contributed by atoms with van der Waals surface area (Å²) in [7, 11) is 1.59. The van der Waals surface area contributed by atoms with Gasteiger partial charge < -0.3 is 19.9 Å². The summed E-state index contributed by atoms with van der Waals surface area (Å²) in [6, 6.07) is 3.84. The number of halogens is 1. The number of ether oxygens (including phenoxy) is 2. The minimum absolute atomic E-state index is 0.157. The zero-order chi connectivity index (χ0) is 15.2.